The first-order chi connectivity index (χ1) is 29.2. The maximum atomic E-state index is 4.38. The lowest BCUT2D eigenvalue weighted by Gasteiger charge is -2.14. The zero-order valence-corrected chi connectivity index (χ0v) is 32.5. The molecule has 0 aliphatic heterocycles. The number of rotatable bonds is 6. The molecule has 4 aromatic heterocycles. The third-order valence-corrected chi connectivity index (χ3v) is 12.3. The van der Waals surface area contributed by atoms with Gasteiger partial charge < -0.3 is 18.3 Å². The minimum atomic E-state index is 1.08. The Morgan fingerprint density at radius 1 is 0.356 bits per heavy atom. The molecule has 59 heavy (non-hydrogen) atoms. The lowest BCUT2D eigenvalue weighted by molar-refractivity contribution is 1.04. The van der Waals surface area contributed by atoms with Crippen molar-refractivity contribution in [3.63, 3.8) is 0 Å². The molecule has 0 saturated heterocycles. The second-order valence-corrected chi connectivity index (χ2v) is 15.4. The van der Waals surface area contributed by atoms with E-state index < -0.39 is 0 Å². The highest BCUT2D eigenvalue weighted by molar-refractivity contribution is 6.26. The molecule has 0 aliphatic carbocycles. The normalized spacial score (nSPS) is 11.9. The van der Waals surface area contributed by atoms with E-state index in [0.717, 1.165) is 34.0 Å². The summed E-state index contributed by atoms with van der Waals surface area (Å²) >= 11 is 0. The average molecular weight is 755 g/mol. The van der Waals surface area contributed by atoms with Gasteiger partial charge in [-0.25, -0.2) is 0 Å². The summed E-state index contributed by atoms with van der Waals surface area (Å²) in [4.78, 5) is 0. The van der Waals surface area contributed by atoms with Gasteiger partial charge in [0.1, 0.15) is 0 Å². The molecule has 0 bridgehead atoms. The maximum Gasteiger partial charge on any atom is 0.0641 e. The quantitative estimate of drug-likeness (QED) is 0.161. The Morgan fingerprint density at radius 2 is 0.831 bits per heavy atom. The van der Waals surface area contributed by atoms with Crippen molar-refractivity contribution in [2.45, 2.75) is 6.92 Å². The molecule has 278 valence electrons. The van der Waals surface area contributed by atoms with Crippen LogP contribution in [0, 0.1) is 6.92 Å². The summed E-state index contributed by atoms with van der Waals surface area (Å²) in [5.41, 5.74) is 16.3. The van der Waals surface area contributed by atoms with Gasteiger partial charge in [-0.15, -0.1) is 0 Å². The van der Waals surface area contributed by atoms with Gasteiger partial charge in [-0.2, -0.15) is 0 Å². The fourth-order valence-electron chi connectivity index (χ4n) is 9.99. The molecule has 0 spiro atoms. The number of hydrogen-bond donors (Lipinski definition) is 0. The van der Waals surface area contributed by atoms with E-state index in [1.165, 1.54) is 76.7 Å². The molecule has 0 atom stereocenters. The van der Waals surface area contributed by atoms with Crippen LogP contribution >= 0.6 is 0 Å². The van der Waals surface area contributed by atoms with Crippen LogP contribution in [0.4, 0.5) is 0 Å². The molecule has 0 unspecified atom stereocenters. The first-order valence-electron chi connectivity index (χ1n) is 20.2. The smallest absolute Gasteiger partial charge is 0.0641 e. The van der Waals surface area contributed by atoms with Crippen LogP contribution in [-0.2, 0) is 0 Å². The van der Waals surface area contributed by atoms with E-state index in [9.17, 15) is 0 Å². The highest BCUT2D eigenvalue weighted by Gasteiger charge is 2.25. The number of fused-ring (bicyclic) bond motifs is 9. The minimum absolute atomic E-state index is 1.08. The third kappa shape index (κ3) is 4.71. The summed E-state index contributed by atoms with van der Waals surface area (Å²) in [6.45, 7) is 6.65. The molecule has 0 saturated carbocycles. The Balaban J connectivity index is 1.12. The van der Waals surface area contributed by atoms with Crippen molar-refractivity contribution in [3.05, 3.63) is 212 Å². The van der Waals surface area contributed by atoms with E-state index >= 15 is 0 Å². The monoisotopic (exact) mass is 754 g/mol. The molecule has 0 aliphatic rings. The molecule has 0 amide bonds. The third-order valence-electron chi connectivity index (χ3n) is 12.3. The maximum absolute atomic E-state index is 4.38. The molecule has 4 nitrogen and oxygen atoms in total. The lowest BCUT2D eigenvalue weighted by Crippen LogP contribution is -2.00. The first kappa shape index (κ1) is 33.3. The van der Waals surface area contributed by atoms with Crippen LogP contribution in [0.1, 0.15) is 11.4 Å². The van der Waals surface area contributed by atoms with E-state index in [-0.39, 0.29) is 0 Å². The summed E-state index contributed by atoms with van der Waals surface area (Å²) in [5.74, 6) is 0. The van der Waals surface area contributed by atoms with Crippen molar-refractivity contribution in [1.29, 1.82) is 0 Å². The zero-order valence-electron chi connectivity index (χ0n) is 32.5. The molecule has 8 aromatic carbocycles. The predicted molar refractivity (Wildman–Crippen MR) is 249 cm³/mol. The molecule has 0 N–H and O–H groups in total. The van der Waals surface area contributed by atoms with Crippen LogP contribution in [0.3, 0.4) is 0 Å². The molecule has 0 radical (unpaired) electrons. The molecule has 12 aromatic rings. The van der Waals surface area contributed by atoms with Gasteiger partial charge in [0.15, 0.2) is 0 Å². The Morgan fingerprint density at radius 3 is 1.47 bits per heavy atom. The largest absolute Gasteiger partial charge is 0.313 e. The van der Waals surface area contributed by atoms with Crippen molar-refractivity contribution >= 4 is 71.5 Å². The predicted octanol–water partition coefficient (Wildman–Crippen LogP) is 14.4. The second-order valence-electron chi connectivity index (χ2n) is 15.4. The van der Waals surface area contributed by atoms with Gasteiger partial charge in [-0.1, -0.05) is 128 Å². The minimum Gasteiger partial charge on any atom is -0.313 e. The Hall–Kier alpha value is -7.82. The summed E-state index contributed by atoms with van der Waals surface area (Å²) in [7, 11) is 0. The summed E-state index contributed by atoms with van der Waals surface area (Å²) < 4.78 is 9.69. The van der Waals surface area contributed by atoms with Gasteiger partial charge in [0.05, 0.1) is 38.8 Å². The van der Waals surface area contributed by atoms with Crippen molar-refractivity contribution in [1.82, 2.24) is 18.3 Å². The standard InChI is InChI=1S/C55H38N4/c1-3-46-53(44-27-12-16-31-49(44)57(46)37-19-6-4-7-20-37)52-36(2)56(48-30-15-11-26-43(48)52)39-23-18-24-40(35-39)58-50-32-17-13-28-45(50)54-51(58)34-33-42-41-25-10-14-29-47(41)59(55(42)54)38-21-8-5-9-22-38/h3-35H,1H2,2H3. The summed E-state index contributed by atoms with van der Waals surface area (Å²) in [6.07, 6.45) is 2.02. The molecule has 4 heterocycles. The highest BCUT2D eigenvalue weighted by atomic mass is 15.0. The van der Waals surface area contributed by atoms with E-state index in [0.29, 0.717) is 0 Å². The Kier molecular flexibility index (Phi) is 7.26. The van der Waals surface area contributed by atoms with E-state index in [1.807, 2.05) is 6.08 Å². The van der Waals surface area contributed by atoms with Crippen molar-refractivity contribution in [2.24, 2.45) is 0 Å². The van der Waals surface area contributed by atoms with E-state index in [1.54, 1.807) is 0 Å². The fraction of sp³-hybridized carbons (Fsp3) is 0.0182. The van der Waals surface area contributed by atoms with Gasteiger partial charge in [0, 0.05) is 71.9 Å². The van der Waals surface area contributed by atoms with E-state index in [2.05, 4.69) is 226 Å². The molecular formula is C55H38N4. The van der Waals surface area contributed by atoms with Crippen LogP contribution in [0.5, 0.6) is 0 Å². The molecule has 12 rings (SSSR count). The number of hydrogen-bond acceptors (Lipinski definition) is 0. The van der Waals surface area contributed by atoms with Crippen LogP contribution in [0.15, 0.2) is 201 Å². The molecule has 4 heteroatoms. The number of aromatic nitrogens is 4. The van der Waals surface area contributed by atoms with Gasteiger partial charge >= 0.3 is 0 Å². The Labute approximate surface area is 341 Å². The summed E-state index contributed by atoms with van der Waals surface area (Å²) in [6, 6.07) is 70.3. The van der Waals surface area contributed by atoms with Crippen LogP contribution in [0.2, 0.25) is 0 Å². The average Bonchev–Trinajstić information content (AvgIpc) is 4.01. The SMILES string of the molecule is C=Cc1c(-c2c(C)n(-c3cccc(-n4c5ccccc5c5c4ccc4c6ccccc6n(-c6ccccc6)c45)c3)c3ccccc23)c2ccccc2n1-c1ccccc1. The number of para-hydroxylation sites is 6. The summed E-state index contributed by atoms with van der Waals surface area (Å²) in [5, 5.41) is 7.40. The number of nitrogens with zero attached hydrogens (tertiary/aromatic N) is 4. The van der Waals surface area contributed by atoms with Gasteiger partial charge in [0.25, 0.3) is 0 Å². The Bertz CT molecular complexity index is 3630. The molecular weight excluding hydrogens is 717 g/mol. The topological polar surface area (TPSA) is 19.7 Å². The van der Waals surface area contributed by atoms with Crippen LogP contribution in [-0.4, -0.2) is 18.3 Å². The van der Waals surface area contributed by atoms with Crippen LogP contribution in [0.25, 0.3) is 105 Å². The second kappa shape index (κ2) is 12.9. The van der Waals surface area contributed by atoms with Crippen LogP contribution < -0.4 is 0 Å². The van der Waals surface area contributed by atoms with E-state index in [4.69, 9.17) is 0 Å². The van der Waals surface area contributed by atoms with Crippen molar-refractivity contribution in [2.75, 3.05) is 0 Å². The number of benzene rings is 8. The van der Waals surface area contributed by atoms with Gasteiger partial charge in [0.2, 0.25) is 0 Å². The fourth-order valence-corrected chi connectivity index (χ4v) is 9.99. The first-order valence-corrected chi connectivity index (χ1v) is 20.2. The zero-order chi connectivity index (χ0) is 39.2. The highest BCUT2D eigenvalue weighted by Crippen LogP contribution is 2.46. The molecule has 0 fully saturated rings. The van der Waals surface area contributed by atoms with Crippen molar-refractivity contribution < 1.29 is 0 Å². The van der Waals surface area contributed by atoms with Gasteiger partial charge in [-0.3, -0.25) is 0 Å². The van der Waals surface area contributed by atoms with Gasteiger partial charge in [-0.05, 0) is 85.8 Å². The van der Waals surface area contributed by atoms with Crippen molar-refractivity contribution in [3.8, 4) is 33.9 Å². The lowest BCUT2D eigenvalue weighted by atomic mass is 9.98.